The molecular formula is C23H19N3OS. The van der Waals surface area contributed by atoms with Crippen LogP contribution in [0.5, 0.6) is 0 Å². The molecule has 0 radical (unpaired) electrons. The van der Waals surface area contributed by atoms with E-state index in [9.17, 15) is 10.1 Å². The summed E-state index contributed by atoms with van der Waals surface area (Å²) in [5.41, 5.74) is 4.80. The number of benzene rings is 2. The average Bonchev–Trinajstić information content (AvgIpc) is 3.40. The summed E-state index contributed by atoms with van der Waals surface area (Å²) in [6, 6.07) is 22.3. The summed E-state index contributed by atoms with van der Waals surface area (Å²) in [6.07, 6.45) is 1.63. The number of nitriles is 1. The van der Waals surface area contributed by atoms with E-state index >= 15 is 0 Å². The molecular weight excluding hydrogens is 366 g/mol. The third kappa shape index (κ3) is 3.98. The summed E-state index contributed by atoms with van der Waals surface area (Å²) < 4.78 is 0. The average molecular weight is 385 g/mol. The molecule has 4 rings (SSSR count). The zero-order chi connectivity index (χ0) is 19.3. The SMILES string of the molecule is N#C/C(=C/c1ccc(N2Cc3ccccc3C2)cc1)C(=O)NCc1cccs1. The van der Waals surface area contributed by atoms with Gasteiger partial charge in [0.2, 0.25) is 0 Å². The second-order valence-corrected chi connectivity index (χ2v) is 7.68. The van der Waals surface area contributed by atoms with Crippen LogP contribution in [0.2, 0.25) is 0 Å². The van der Waals surface area contributed by atoms with Gasteiger partial charge >= 0.3 is 0 Å². The number of carbonyl (C=O) groups excluding carboxylic acids is 1. The van der Waals surface area contributed by atoms with Crippen molar-refractivity contribution in [3.8, 4) is 6.07 Å². The van der Waals surface area contributed by atoms with Crippen LogP contribution in [0.3, 0.4) is 0 Å². The van der Waals surface area contributed by atoms with E-state index in [1.807, 2.05) is 47.8 Å². The largest absolute Gasteiger partial charge is 0.363 e. The molecule has 0 unspecified atom stereocenters. The smallest absolute Gasteiger partial charge is 0.262 e. The van der Waals surface area contributed by atoms with Crippen LogP contribution in [-0.2, 0) is 24.4 Å². The highest BCUT2D eigenvalue weighted by molar-refractivity contribution is 7.09. The quantitative estimate of drug-likeness (QED) is 0.520. The van der Waals surface area contributed by atoms with Gasteiger partial charge in [-0.1, -0.05) is 42.5 Å². The Morgan fingerprint density at radius 3 is 2.39 bits per heavy atom. The maximum absolute atomic E-state index is 12.3. The van der Waals surface area contributed by atoms with Gasteiger partial charge in [-0.25, -0.2) is 0 Å². The predicted molar refractivity (Wildman–Crippen MR) is 113 cm³/mol. The summed E-state index contributed by atoms with van der Waals surface area (Å²) in [7, 11) is 0. The van der Waals surface area contributed by atoms with E-state index in [-0.39, 0.29) is 11.5 Å². The van der Waals surface area contributed by atoms with E-state index in [4.69, 9.17) is 0 Å². The van der Waals surface area contributed by atoms with Gasteiger partial charge in [-0.15, -0.1) is 11.3 Å². The number of fused-ring (bicyclic) bond motifs is 1. The van der Waals surface area contributed by atoms with Crippen molar-refractivity contribution in [2.75, 3.05) is 4.90 Å². The van der Waals surface area contributed by atoms with Crippen molar-refractivity contribution in [1.29, 1.82) is 5.26 Å². The third-order valence-corrected chi connectivity index (χ3v) is 5.65. The van der Waals surface area contributed by atoms with Crippen LogP contribution < -0.4 is 10.2 Å². The number of carbonyl (C=O) groups is 1. The maximum Gasteiger partial charge on any atom is 0.262 e. The fraction of sp³-hybridized carbons (Fsp3) is 0.130. The summed E-state index contributed by atoms with van der Waals surface area (Å²) in [4.78, 5) is 15.6. The first-order chi connectivity index (χ1) is 13.7. The molecule has 0 saturated heterocycles. The summed E-state index contributed by atoms with van der Waals surface area (Å²) in [5.74, 6) is -0.352. The maximum atomic E-state index is 12.3. The van der Waals surface area contributed by atoms with Gasteiger partial charge in [-0.2, -0.15) is 5.26 Å². The molecule has 0 spiro atoms. The molecule has 2 heterocycles. The van der Waals surface area contributed by atoms with Gasteiger partial charge in [0.25, 0.3) is 5.91 Å². The van der Waals surface area contributed by atoms with E-state index in [2.05, 4.69) is 34.5 Å². The van der Waals surface area contributed by atoms with Crippen LogP contribution in [0.25, 0.3) is 6.08 Å². The van der Waals surface area contributed by atoms with Gasteiger partial charge in [0.05, 0.1) is 6.54 Å². The topological polar surface area (TPSA) is 56.1 Å². The van der Waals surface area contributed by atoms with Crippen LogP contribution in [0.1, 0.15) is 21.6 Å². The Labute approximate surface area is 168 Å². The minimum atomic E-state index is -0.352. The lowest BCUT2D eigenvalue weighted by Gasteiger charge is -2.17. The molecule has 0 bridgehead atoms. The monoisotopic (exact) mass is 385 g/mol. The Bertz CT molecular complexity index is 1020. The van der Waals surface area contributed by atoms with E-state index in [1.54, 1.807) is 17.4 Å². The first-order valence-corrected chi connectivity index (χ1v) is 9.95. The zero-order valence-corrected chi connectivity index (χ0v) is 16.1. The number of amides is 1. The molecule has 3 aromatic rings. The second-order valence-electron chi connectivity index (χ2n) is 6.65. The normalized spacial score (nSPS) is 13.1. The van der Waals surface area contributed by atoms with Crippen LogP contribution in [0.15, 0.2) is 71.6 Å². The zero-order valence-electron chi connectivity index (χ0n) is 15.3. The molecule has 5 heteroatoms. The third-order valence-electron chi connectivity index (χ3n) is 4.78. The first kappa shape index (κ1) is 18.0. The van der Waals surface area contributed by atoms with E-state index in [0.717, 1.165) is 29.2 Å². The summed E-state index contributed by atoms with van der Waals surface area (Å²) in [5, 5.41) is 14.1. The highest BCUT2D eigenvalue weighted by atomic mass is 32.1. The lowest BCUT2D eigenvalue weighted by atomic mass is 10.1. The summed E-state index contributed by atoms with van der Waals surface area (Å²) >= 11 is 1.58. The number of rotatable bonds is 5. The van der Waals surface area contributed by atoms with Crippen molar-refractivity contribution in [3.63, 3.8) is 0 Å². The second kappa shape index (κ2) is 8.12. The van der Waals surface area contributed by atoms with Crippen molar-refractivity contribution < 1.29 is 4.79 Å². The van der Waals surface area contributed by atoms with E-state index in [1.165, 1.54) is 11.1 Å². The lowest BCUT2D eigenvalue weighted by molar-refractivity contribution is -0.117. The molecule has 0 saturated carbocycles. The number of nitrogens with one attached hydrogen (secondary N) is 1. The molecule has 4 nitrogen and oxygen atoms in total. The highest BCUT2D eigenvalue weighted by Gasteiger charge is 2.18. The van der Waals surface area contributed by atoms with E-state index < -0.39 is 0 Å². The fourth-order valence-electron chi connectivity index (χ4n) is 3.29. The molecule has 1 aliphatic heterocycles. The first-order valence-electron chi connectivity index (χ1n) is 9.07. The minimum Gasteiger partial charge on any atom is -0.363 e. The lowest BCUT2D eigenvalue weighted by Crippen LogP contribution is -2.23. The minimum absolute atomic E-state index is 0.109. The van der Waals surface area contributed by atoms with Crippen molar-refractivity contribution in [3.05, 3.63) is 93.2 Å². The standard InChI is InChI=1S/C23H19N3OS/c24-13-20(23(27)25-14-22-6-3-11-28-22)12-17-7-9-21(10-8-17)26-15-18-4-1-2-5-19(18)16-26/h1-12H,14-16H2,(H,25,27)/b20-12-. The van der Waals surface area contributed by atoms with Crippen LogP contribution in [0, 0.1) is 11.3 Å². The van der Waals surface area contributed by atoms with Crippen LogP contribution >= 0.6 is 11.3 Å². The number of hydrogen-bond acceptors (Lipinski definition) is 4. The van der Waals surface area contributed by atoms with Crippen LogP contribution in [0.4, 0.5) is 5.69 Å². The molecule has 0 atom stereocenters. The Morgan fingerprint density at radius 1 is 1.07 bits per heavy atom. The summed E-state index contributed by atoms with van der Waals surface area (Å²) in [6.45, 7) is 2.24. The molecule has 138 valence electrons. The number of hydrogen-bond donors (Lipinski definition) is 1. The van der Waals surface area contributed by atoms with Crippen molar-refractivity contribution in [2.45, 2.75) is 19.6 Å². The van der Waals surface area contributed by atoms with Gasteiger partial charge in [-0.05, 0) is 46.3 Å². The van der Waals surface area contributed by atoms with Gasteiger partial charge in [0.15, 0.2) is 0 Å². The molecule has 2 aromatic carbocycles. The Morgan fingerprint density at radius 2 is 1.79 bits per heavy atom. The van der Waals surface area contributed by atoms with E-state index in [0.29, 0.717) is 6.54 Å². The Balaban J connectivity index is 1.43. The molecule has 28 heavy (non-hydrogen) atoms. The number of nitrogens with zero attached hydrogens (tertiary/aromatic N) is 2. The predicted octanol–water partition coefficient (Wildman–Crippen LogP) is 4.49. The van der Waals surface area contributed by atoms with Gasteiger partial charge < -0.3 is 10.2 Å². The van der Waals surface area contributed by atoms with Crippen molar-refractivity contribution in [1.82, 2.24) is 5.32 Å². The molecule has 1 aromatic heterocycles. The fourth-order valence-corrected chi connectivity index (χ4v) is 3.93. The number of thiophene rings is 1. The van der Waals surface area contributed by atoms with Gasteiger partial charge in [-0.3, -0.25) is 4.79 Å². The van der Waals surface area contributed by atoms with Gasteiger partial charge in [0.1, 0.15) is 11.6 Å². The molecule has 0 aliphatic carbocycles. The van der Waals surface area contributed by atoms with Crippen molar-refractivity contribution >= 4 is 29.0 Å². The molecule has 1 amide bonds. The van der Waals surface area contributed by atoms with Crippen molar-refractivity contribution in [2.24, 2.45) is 0 Å². The highest BCUT2D eigenvalue weighted by Crippen LogP contribution is 2.28. The Hall–Kier alpha value is -3.36. The molecule has 1 N–H and O–H groups in total. The molecule has 0 fully saturated rings. The molecule has 1 aliphatic rings. The van der Waals surface area contributed by atoms with Gasteiger partial charge in [0, 0.05) is 23.7 Å². The van der Waals surface area contributed by atoms with Crippen LogP contribution in [-0.4, -0.2) is 5.91 Å². The number of anilines is 1. The Kier molecular flexibility index (Phi) is 5.22.